The predicted molar refractivity (Wildman–Crippen MR) is 79.4 cm³/mol. The van der Waals surface area contributed by atoms with Crippen LogP contribution in [0.4, 0.5) is 4.39 Å². The zero-order valence-corrected chi connectivity index (χ0v) is 12.5. The molecule has 0 unspecified atom stereocenters. The standard InChI is InChI=1S/C16H16ClFO3/c1-10(19)14-5-4-13(20-2)8-16(14)21-9-11-7-12(18)3-6-15(11)17/h3-8,10,19H,9H2,1-2H3/t10-/m1/s1. The van der Waals surface area contributed by atoms with Crippen molar-refractivity contribution in [2.24, 2.45) is 0 Å². The van der Waals surface area contributed by atoms with Crippen LogP contribution in [0.25, 0.3) is 0 Å². The van der Waals surface area contributed by atoms with E-state index in [2.05, 4.69) is 0 Å². The van der Waals surface area contributed by atoms with E-state index in [4.69, 9.17) is 21.1 Å². The molecule has 2 rings (SSSR count). The summed E-state index contributed by atoms with van der Waals surface area (Å²) in [6.07, 6.45) is -0.686. The Morgan fingerprint density at radius 3 is 2.67 bits per heavy atom. The molecule has 0 saturated carbocycles. The van der Waals surface area contributed by atoms with Gasteiger partial charge in [0.05, 0.1) is 13.2 Å². The number of hydrogen-bond acceptors (Lipinski definition) is 3. The number of rotatable bonds is 5. The summed E-state index contributed by atoms with van der Waals surface area (Å²) in [7, 11) is 1.55. The molecule has 0 aliphatic carbocycles. The van der Waals surface area contributed by atoms with Crippen LogP contribution in [0.15, 0.2) is 36.4 Å². The lowest BCUT2D eigenvalue weighted by Gasteiger charge is -2.15. The molecule has 21 heavy (non-hydrogen) atoms. The van der Waals surface area contributed by atoms with Crippen LogP contribution in [0.3, 0.4) is 0 Å². The van der Waals surface area contributed by atoms with Gasteiger partial charge in [-0.3, -0.25) is 0 Å². The summed E-state index contributed by atoms with van der Waals surface area (Å²) in [4.78, 5) is 0. The van der Waals surface area contributed by atoms with E-state index in [0.29, 0.717) is 27.6 Å². The van der Waals surface area contributed by atoms with Crippen molar-refractivity contribution in [1.82, 2.24) is 0 Å². The molecular formula is C16H16ClFO3. The first kappa shape index (κ1) is 15.6. The highest BCUT2D eigenvalue weighted by molar-refractivity contribution is 6.31. The first-order valence-electron chi connectivity index (χ1n) is 6.44. The van der Waals surface area contributed by atoms with Crippen molar-refractivity contribution >= 4 is 11.6 Å². The minimum absolute atomic E-state index is 0.101. The molecule has 0 aliphatic heterocycles. The van der Waals surface area contributed by atoms with E-state index in [1.165, 1.54) is 18.2 Å². The van der Waals surface area contributed by atoms with Gasteiger partial charge in [-0.15, -0.1) is 0 Å². The van der Waals surface area contributed by atoms with Gasteiger partial charge >= 0.3 is 0 Å². The Kier molecular flexibility index (Phi) is 5.04. The van der Waals surface area contributed by atoms with Crippen molar-refractivity contribution in [2.75, 3.05) is 7.11 Å². The third-order valence-corrected chi connectivity index (χ3v) is 3.43. The van der Waals surface area contributed by atoms with Gasteiger partial charge in [0.25, 0.3) is 0 Å². The molecule has 0 heterocycles. The van der Waals surface area contributed by atoms with Crippen molar-refractivity contribution in [3.05, 3.63) is 58.4 Å². The number of aliphatic hydroxyl groups excluding tert-OH is 1. The van der Waals surface area contributed by atoms with Crippen molar-refractivity contribution < 1.29 is 19.0 Å². The summed E-state index contributed by atoms with van der Waals surface area (Å²) in [5.74, 6) is 0.712. The minimum atomic E-state index is -0.686. The largest absolute Gasteiger partial charge is 0.497 e. The normalized spacial score (nSPS) is 12.0. The van der Waals surface area contributed by atoms with Crippen LogP contribution < -0.4 is 9.47 Å². The molecule has 0 spiro atoms. The average Bonchev–Trinajstić information content (AvgIpc) is 2.47. The molecule has 0 aromatic heterocycles. The summed E-state index contributed by atoms with van der Waals surface area (Å²) in [6.45, 7) is 1.74. The minimum Gasteiger partial charge on any atom is -0.497 e. The number of halogens is 2. The van der Waals surface area contributed by atoms with E-state index in [-0.39, 0.29) is 12.4 Å². The maximum Gasteiger partial charge on any atom is 0.129 e. The van der Waals surface area contributed by atoms with Crippen LogP contribution in [0, 0.1) is 5.82 Å². The van der Waals surface area contributed by atoms with Crippen LogP contribution >= 0.6 is 11.6 Å². The van der Waals surface area contributed by atoms with E-state index in [1.807, 2.05) is 0 Å². The lowest BCUT2D eigenvalue weighted by atomic mass is 10.1. The highest BCUT2D eigenvalue weighted by Crippen LogP contribution is 2.30. The summed E-state index contributed by atoms with van der Waals surface area (Å²) in [6, 6.07) is 9.24. The Morgan fingerprint density at radius 2 is 2.00 bits per heavy atom. The summed E-state index contributed by atoms with van der Waals surface area (Å²) < 4.78 is 24.0. The second-order valence-electron chi connectivity index (χ2n) is 4.60. The van der Waals surface area contributed by atoms with Gasteiger partial charge in [-0.05, 0) is 37.3 Å². The van der Waals surface area contributed by atoms with Crippen LogP contribution in [-0.2, 0) is 6.61 Å². The molecule has 5 heteroatoms. The Bertz CT molecular complexity index is 629. The van der Waals surface area contributed by atoms with E-state index in [9.17, 15) is 9.50 Å². The van der Waals surface area contributed by atoms with Gasteiger partial charge in [0, 0.05) is 22.2 Å². The Hall–Kier alpha value is -1.78. The highest BCUT2D eigenvalue weighted by atomic mass is 35.5. The summed E-state index contributed by atoms with van der Waals surface area (Å²) >= 11 is 6.00. The molecule has 2 aromatic rings. The van der Waals surface area contributed by atoms with Crippen LogP contribution in [0.5, 0.6) is 11.5 Å². The maximum atomic E-state index is 13.2. The Labute approximate surface area is 127 Å². The molecule has 2 aromatic carbocycles. The molecular weight excluding hydrogens is 295 g/mol. The van der Waals surface area contributed by atoms with Gasteiger partial charge in [0.15, 0.2) is 0 Å². The van der Waals surface area contributed by atoms with Gasteiger partial charge in [0.2, 0.25) is 0 Å². The molecule has 0 bridgehead atoms. The second-order valence-corrected chi connectivity index (χ2v) is 5.01. The molecule has 0 amide bonds. The molecule has 112 valence electrons. The quantitative estimate of drug-likeness (QED) is 0.903. The van der Waals surface area contributed by atoms with Crippen LogP contribution in [0.1, 0.15) is 24.2 Å². The van der Waals surface area contributed by atoms with E-state index < -0.39 is 6.10 Å². The fourth-order valence-electron chi connectivity index (χ4n) is 1.92. The third-order valence-electron chi connectivity index (χ3n) is 3.06. The molecule has 0 fully saturated rings. The number of methoxy groups -OCH3 is 1. The van der Waals surface area contributed by atoms with E-state index in [0.717, 1.165) is 0 Å². The molecule has 1 N–H and O–H groups in total. The first-order chi connectivity index (χ1) is 10.0. The average molecular weight is 311 g/mol. The van der Waals surface area contributed by atoms with Crippen molar-refractivity contribution in [3.63, 3.8) is 0 Å². The predicted octanol–water partition coefficient (Wildman–Crippen LogP) is 4.12. The topological polar surface area (TPSA) is 38.7 Å². The highest BCUT2D eigenvalue weighted by Gasteiger charge is 2.12. The molecule has 0 aliphatic rings. The van der Waals surface area contributed by atoms with Gasteiger partial charge in [0.1, 0.15) is 23.9 Å². The first-order valence-corrected chi connectivity index (χ1v) is 6.81. The lowest BCUT2D eigenvalue weighted by Crippen LogP contribution is -2.02. The van der Waals surface area contributed by atoms with Gasteiger partial charge in [-0.2, -0.15) is 0 Å². The second kappa shape index (κ2) is 6.78. The van der Waals surface area contributed by atoms with E-state index >= 15 is 0 Å². The van der Waals surface area contributed by atoms with Crippen molar-refractivity contribution in [3.8, 4) is 11.5 Å². The molecule has 0 saturated heterocycles. The Balaban J connectivity index is 2.24. The fraction of sp³-hybridized carbons (Fsp3) is 0.250. The SMILES string of the molecule is COc1ccc([C@@H](C)O)c(OCc2cc(F)ccc2Cl)c1. The lowest BCUT2D eigenvalue weighted by molar-refractivity contribution is 0.190. The zero-order chi connectivity index (χ0) is 15.4. The molecule has 0 radical (unpaired) electrons. The van der Waals surface area contributed by atoms with Crippen molar-refractivity contribution in [1.29, 1.82) is 0 Å². The van der Waals surface area contributed by atoms with Crippen LogP contribution in [-0.4, -0.2) is 12.2 Å². The maximum absolute atomic E-state index is 13.2. The zero-order valence-electron chi connectivity index (χ0n) is 11.8. The summed E-state index contributed by atoms with van der Waals surface area (Å²) in [5, 5.41) is 10.2. The van der Waals surface area contributed by atoms with E-state index in [1.54, 1.807) is 32.2 Å². The number of aliphatic hydroxyl groups is 1. The number of hydrogen-bond donors (Lipinski definition) is 1. The van der Waals surface area contributed by atoms with Crippen LogP contribution in [0.2, 0.25) is 5.02 Å². The van der Waals surface area contributed by atoms with Gasteiger partial charge in [-0.1, -0.05) is 11.6 Å². The Morgan fingerprint density at radius 1 is 1.24 bits per heavy atom. The molecule has 1 atom stereocenters. The number of benzene rings is 2. The smallest absolute Gasteiger partial charge is 0.129 e. The third kappa shape index (κ3) is 3.86. The van der Waals surface area contributed by atoms with Gasteiger partial charge < -0.3 is 14.6 Å². The molecule has 3 nitrogen and oxygen atoms in total. The van der Waals surface area contributed by atoms with Crippen molar-refractivity contribution in [2.45, 2.75) is 19.6 Å². The fourth-order valence-corrected chi connectivity index (χ4v) is 2.09. The monoisotopic (exact) mass is 310 g/mol. The van der Waals surface area contributed by atoms with Gasteiger partial charge in [-0.25, -0.2) is 4.39 Å². The summed E-state index contributed by atoms with van der Waals surface area (Å²) in [5.41, 5.74) is 1.17. The number of ether oxygens (including phenoxy) is 2.